The van der Waals surface area contributed by atoms with Gasteiger partial charge in [0.2, 0.25) is 11.9 Å². The molecule has 0 unspecified atom stereocenters. The van der Waals surface area contributed by atoms with Gasteiger partial charge in [0.1, 0.15) is 6.10 Å². The Hall–Kier alpha value is -2.47. The number of piperidine rings is 1. The lowest BCUT2D eigenvalue weighted by atomic mass is 9.92. The molecule has 0 saturated carbocycles. The van der Waals surface area contributed by atoms with Crippen LogP contribution in [0.25, 0.3) is 0 Å². The van der Waals surface area contributed by atoms with Crippen LogP contribution in [0.5, 0.6) is 0 Å². The number of aromatic nitrogens is 2. The third kappa shape index (κ3) is 6.82. The van der Waals surface area contributed by atoms with E-state index < -0.39 is 12.1 Å². The van der Waals surface area contributed by atoms with Gasteiger partial charge < -0.3 is 24.8 Å². The lowest BCUT2D eigenvalue weighted by molar-refractivity contribution is -0.192. The number of methoxy groups -OCH3 is 1. The lowest BCUT2D eigenvalue weighted by Gasteiger charge is -2.33. The zero-order valence-electron chi connectivity index (χ0n) is 15.8. The van der Waals surface area contributed by atoms with Crippen LogP contribution in [-0.2, 0) is 19.1 Å². The number of fused-ring (bicyclic) bond motifs is 1. The fourth-order valence-corrected chi connectivity index (χ4v) is 3.13. The minimum absolute atomic E-state index is 0.0334. The number of rotatable bonds is 5. The van der Waals surface area contributed by atoms with Gasteiger partial charge in [-0.15, -0.1) is 0 Å². The second-order valence-electron chi connectivity index (χ2n) is 6.53. The summed E-state index contributed by atoms with van der Waals surface area (Å²) in [4.78, 5) is 31.7. The zero-order valence-corrected chi connectivity index (χ0v) is 15.8. The van der Waals surface area contributed by atoms with Crippen LogP contribution >= 0.6 is 0 Å². The molecule has 9 nitrogen and oxygen atoms in total. The van der Waals surface area contributed by atoms with Crippen LogP contribution in [0, 0.1) is 5.92 Å². The van der Waals surface area contributed by atoms with Gasteiger partial charge in [-0.1, -0.05) is 0 Å². The molecule has 0 spiro atoms. The normalized spacial score (nSPS) is 23.6. The van der Waals surface area contributed by atoms with Crippen LogP contribution < -0.4 is 10.2 Å². The Balaban J connectivity index is 0.000000370. The van der Waals surface area contributed by atoms with Gasteiger partial charge in [-0.3, -0.25) is 4.79 Å². The van der Waals surface area contributed by atoms with E-state index in [0.29, 0.717) is 19.1 Å². The van der Waals surface area contributed by atoms with Crippen molar-refractivity contribution < 1.29 is 37.3 Å². The Morgan fingerprint density at radius 2 is 2.03 bits per heavy atom. The summed E-state index contributed by atoms with van der Waals surface area (Å²) < 4.78 is 42.6. The molecule has 0 bridgehead atoms. The van der Waals surface area contributed by atoms with Crippen molar-refractivity contribution in [2.75, 3.05) is 38.3 Å². The van der Waals surface area contributed by atoms with Crippen LogP contribution in [-0.4, -0.2) is 78.7 Å². The molecule has 0 radical (unpaired) electrons. The van der Waals surface area contributed by atoms with E-state index in [1.807, 2.05) is 6.07 Å². The first-order chi connectivity index (χ1) is 13.7. The molecule has 0 aliphatic carbocycles. The summed E-state index contributed by atoms with van der Waals surface area (Å²) >= 11 is 0. The van der Waals surface area contributed by atoms with Crippen molar-refractivity contribution in [3.63, 3.8) is 0 Å². The van der Waals surface area contributed by atoms with Gasteiger partial charge in [-0.2, -0.15) is 13.2 Å². The topological polar surface area (TPSA) is 114 Å². The Morgan fingerprint density at radius 1 is 1.38 bits per heavy atom. The number of ether oxygens (including phenoxy) is 2. The van der Waals surface area contributed by atoms with Gasteiger partial charge in [0.25, 0.3) is 0 Å². The highest BCUT2D eigenvalue weighted by Gasteiger charge is 2.42. The van der Waals surface area contributed by atoms with Crippen LogP contribution in [0.4, 0.5) is 19.1 Å². The Morgan fingerprint density at radius 3 is 2.62 bits per heavy atom. The number of anilines is 1. The van der Waals surface area contributed by atoms with E-state index in [1.165, 1.54) is 0 Å². The number of hydrogen-bond donors (Lipinski definition) is 2. The monoisotopic (exact) mass is 420 g/mol. The van der Waals surface area contributed by atoms with Gasteiger partial charge >= 0.3 is 12.1 Å². The molecule has 162 valence electrons. The number of carbonyl (C=O) groups is 2. The molecule has 2 fully saturated rings. The van der Waals surface area contributed by atoms with Gasteiger partial charge in [0.15, 0.2) is 0 Å². The number of halogens is 3. The minimum Gasteiger partial charge on any atom is -0.475 e. The Bertz CT molecular complexity index is 677. The van der Waals surface area contributed by atoms with E-state index in [0.717, 1.165) is 31.9 Å². The number of nitrogens with zero attached hydrogens (tertiary/aromatic N) is 3. The van der Waals surface area contributed by atoms with Crippen LogP contribution in [0.15, 0.2) is 18.5 Å². The number of carbonyl (C=O) groups excluding carboxylic acids is 1. The number of alkyl halides is 3. The molecule has 1 aromatic heterocycles. The van der Waals surface area contributed by atoms with E-state index in [-0.39, 0.29) is 18.1 Å². The number of nitrogens with one attached hydrogen (secondary N) is 1. The first kappa shape index (κ1) is 22.8. The molecule has 3 rings (SSSR count). The van der Waals surface area contributed by atoms with Crippen molar-refractivity contribution in [2.24, 2.45) is 5.92 Å². The summed E-state index contributed by atoms with van der Waals surface area (Å²) in [5.74, 6) is -1.61. The number of hydrogen-bond acceptors (Lipinski definition) is 7. The third-order valence-electron chi connectivity index (χ3n) is 4.53. The highest BCUT2D eigenvalue weighted by atomic mass is 19.4. The van der Waals surface area contributed by atoms with Crippen molar-refractivity contribution in [3.8, 4) is 0 Å². The summed E-state index contributed by atoms with van der Waals surface area (Å²) in [6, 6.07) is 1.81. The molecule has 29 heavy (non-hydrogen) atoms. The summed E-state index contributed by atoms with van der Waals surface area (Å²) in [6.45, 7) is 2.70. The quantitative estimate of drug-likeness (QED) is 0.675. The second-order valence-corrected chi connectivity index (χ2v) is 6.53. The predicted octanol–water partition coefficient (Wildman–Crippen LogP) is 0.856. The molecule has 1 aromatic rings. The SMILES string of the molecule is COCCNC(=O)[C@H]1C[C@@H]2CCN(c3ncccn3)C[C@H]2O1.O=C(O)C(F)(F)F. The molecule has 12 heteroatoms. The van der Waals surface area contributed by atoms with Gasteiger partial charge in [-0.05, 0) is 24.8 Å². The zero-order chi connectivity index (χ0) is 21.4. The van der Waals surface area contributed by atoms with Crippen molar-refractivity contribution in [2.45, 2.75) is 31.2 Å². The second kappa shape index (κ2) is 10.3. The van der Waals surface area contributed by atoms with E-state index in [1.54, 1.807) is 19.5 Å². The maximum Gasteiger partial charge on any atom is 0.490 e. The molecule has 2 N–H and O–H groups in total. The largest absolute Gasteiger partial charge is 0.490 e. The Labute approximate surface area is 165 Å². The third-order valence-corrected chi connectivity index (χ3v) is 4.53. The number of amides is 1. The average molecular weight is 420 g/mol. The molecule has 3 heterocycles. The first-order valence-electron chi connectivity index (χ1n) is 8.96. The molecule has 0 aromatic carbocycles. The number of aliphatic carboxylic acids is 1. The molecule has 2 aliphatic rings. The lowest BCUT2D eigenvalue weighted by Crippen LogP contribution is -2.43. The average Bonchev–Trinajstić information content (AvgIpc) is 3.12. The van der Waals surface area contributed by atoms with Gasteiger partial charge in [-0.25, -0.2) is 14.8 Å². The molecule has 2 aliphatic heterocycles. The summed E-state index contributed by atoms with van der Waals surface area (Å²) in [6.07, 6.45) is -0.0526. The maximum atomic E-state index is 12.1. The van der Waals surface area contributed by atoms with Crippen molar-refractivity contribution in [1.29, 1.82) is 0 Å². The standard InChI is InChI=1S/C15H22N4O3.C2HF3O2/c1-21-8-6-16-14(20)12-9-11-3-7-19(10-13(11)22-12)15-17-4-2-5-18-15;3-2(4,5)1(6)7/h2,4-5,11-13H,3,6-10H2,1H3,(H,16,20);(H,6,7)/t11-,12+,13+;/m0./s1. The van der Waals surface area contributed by atoms with Gasteiger partial charge in [0.05, 0.1) is 12.7 Å². The fraction of sp³-hybridized carbons (Fsp3) is 0.647. The van der Waals surface area contributed by atoms with Gasteiger partial charge in [0, 0.05) is 39.1 Å². The first-order valence-corrected chi connectivity index (χ1v) is 8.96. The molecule has 3 atom stereocenters. The van der Waals surface area contributed by atoms with Crippen LogP contribution in [0.3, 0.4) is 0 Å². The Kier molecular flexibility index (Phi) is 8.14. The fourth-order valence-electron chi connectivity index (χ4n) is 3.13. The molecule has 2 saturated heterocycles. The molecule has 1 amide bonds. The summed E-state index contributed by atoms with van der Waals surface area (Å²) in [7, 11) is 1.62. The van der Waals surface area contributed by atoms with Crippen molar-refractivity contribution >= 4 is 17.8 Å². The van der Waals surface area contributed by atoms with E-state index in [4.69, 9.17) is 19.4 Å². The van der Waals surface area contributed by atoms with E-state index in [2.05, 4.69) is 20.2 Å². The maximum absolute atomic E-state index is 12.1. The predicted molar refractivity (Wildman–Crippen MR) is 94.2 cm³/mol. The summed E-state index contributed by atoms with van der Waals surface area (Å²) in [5, 5.41) is 9.98. The molecular formula is C17H23F3N4O5. The van der Waals surface area contributed by atoms with E-state index >= 15 is 0 Å². The highest BCUT2D eigenvalue weighted by Crippen LogP contribution is 2.34. The smallest absolute Gasteiger partial charge is 0.475 e. The highest BCUT2D eigenvalue weighted by molar-refractivity contribution is 5.81. The summed E-state index contributed by atoms with van der Waals surface area (Å²) in [5.41, 5.74) is 0. The minimum atomic E-state index is -5.08. The van der Waals surface area contributed by atoms with Crippen molar-refractivity contribution in [3.05, 3.63) is 18.5 Å². The van der Waals surface area contributed by atoms with E-state index in [9.17, 15) is 18.0 Å². The van der Waals surface area contributed by atoms with Crippen LogP contribution in [0.2, 0.25) is 0 Å². The molecular weight excluding hydrogens is 397 g/mol. The van der Waals surface area contributed by atoms with Crippen LogP contribution in [0.1, 0.15) is 12.8 Å². The van der Waals surface area contributed by atoms with Crippen molar-refractivity contribution in [1.82, 2.24) is 15.3 Å². The number of carboxylic acid groups (broad SMARTS) is 1. The number of carboxylic acids is 1.